The number of rotatable bonds is 5. The molecule has 5 heteroatoms. The average Bonchev–Trinajstić information content (AvgIpc) is 3.53. The first-order valence-electron chi connectivity index (χ1n) is 11.2. The largest absolute Gasteiger partial charge is 2.00 e. The van der Waals surface area contributed by atoms with Gasteiger partial charge in [0, 0.05) is 19.5 Å². The Kier molecular flexibility index (Phi) is 10.1. The molecular weight excluding hydrogens is 440 g/mol. The van der Waals surface area contributed by atoms with Crippen LogP contribution in [0.25, 0.3) is 0 Å². The minimum atomic E-state index is 0. The molecule has 32 heavy (non-hydrogen) atoms. The van der Waals surface area contributed by atoms with Gasteiger partial charge in [-0.15, -0.1) is 0 Å². The Balaban J connectivity index is 0.000000427. The molecule has 2 heterocycles. The Morgan fingerprint density at radius 3 is 2.34 bits per heavy atom. The predicted molar refractivity (Wildman–Crippen MR) is 122 cm³/mol. The fourth-order valence-corrected chi connectivity index (χ4v) is 4.53. The molecule has 2 saturated carbocycles. The van der Waals surface area contributed by atoms with E-state index in [1.54, 1.807) is 4.90 Å². The summed E-state index contributed by atoms with van der Waals surface area (Å²) in [6.45, 7) is 1.63. The molecule has 1 aromatic rings. The van der Waals surface area contributed by atoms with E-state index in [0.29, 0.717) is 13.0 Å². The smallest absolute Gasteiger partial charge is 0.332 e. The molecule has 2 aliphatic heterocycles. The maximum absolute atomic E-state index is 12.6. The average molecular weight is 470 g/mol. The molecule has 0 spiro atoms. The molecule has 2 aliphatic carbocycles. The van der Waals surface area contributed by atoms with Crippen molar-refractivity contribution in [3.63, 3.8) is 0 Å². The van der Waals surface area contributed by atoms with Gasteiger partial charge in [0.1, 0.15) is 0 Å². The summed E-state index contributed by atoms with van der Waals surface area (Å²) in [4.78, 5) is 28.9. The van der Waals surface area contributed by atoms with Crippen LogP contribution in [0.4, 0.5) is 0 Å². The van der Waals surface area contributed by atoms with Gasteiger partial charge in [-0.2, -0.15) is 0 Å². The van der Waals surface area contributed by atoms with E-state index in [0.717, 1.165) is 32.2 Å². The molecule has 1 unspecified atom stereocenters. The van der Waals surface area contributed by atoms with Crippen LogP contribution in [0.2, 0.25) is 0 Å². The van der Waals surface area contributed by atoms with Gasteiger partial charge in [0.05, 0.1) is 12.6 Å². The molecule has 4 aliphatic rings. The van der Waals surface area contributed by atoms with Gasteiger partial charge in [0.15, 0.2) is 0 Å². The standard InChI is InChI=1S/C22H25N2O2.C5H5.Fe/c25-21(12-6-3-9-17-7-1-2-8-17)23-15-20-19-11-5-4-10-18(19)13-14-24(20)22(26)16-23;1-2-4-5-3-1;/h1-2,4-5,7-8,10-11,20H,3,6,9,12-16H2;1-5H;/q;;+2. The fourth-order valence-electron chi connectivity index (χ4n) is 4.53. The summed E-state index contributed by atoms with van der Waals surface area (Å²) in [5.41, 5.74) is 2.52. The topological polar surface area (TPSA) is 40.6 Å². The Morgan fingerprint density at radius 1 is 0.938 bits per heavy atom. The molecule has 5 rings (SSSR count). The maximum atomic E-state index is 12.6. The van der Waals surface area contributed by atoms with Gasteiger partial charge in [-0.1, -0.05) is 30.7 Å². The Bertz CT molecular complexity index is 735. The van der Waals surface area contributed by atoms with E-state index in [2.05, 4.69) is 31.0 Å². The van der Waals surface area contributed by atoms with E-state index in [4.69, 9.17) is 0 Å². The van der Waals surface area contributed by atoms with E-state index in [-0.39, 0.29) is 41.5 Å². The van der Waals surface area contributed by atoms with E-state index in [9.17, 15) is 9.59 Å². The number of carbonyl (C=O) groups is 2. The summed E-state index contributed by atoms with van der Waals surface area (Å²) < 4.78 is 0. The van der Waals surface area contributed by atoms with Crippen molar-refractivity contribution >= 4 is 11.8 Å². The van der Waals surface area contributed by atoms with Crippen LogP contribution in [0, 0.1) is 63.7 Å². The van der Waals surface area contributed by atoms with Gasteiger partial charge < -0.3 is 9.80 Å². The second-order valence-electron chi connectivity index (χ2n) is 8.29. The first-order chi connectivity index (χ1) is 15.2. The number of unbranched alkanes of at least 4 members (excludes halogenated alkanes) is 1. The van der Waals surface area contributed by atoms with Crippen molar-refractivity contribution in [3.8, 4) is 0 Å². The number of fused-ring (bicyclic) bond motifs is 3. The normalized spacial score (nSPS) is 22.5. The van der Waals surface area contributed by atoms with E-state index >= 15 is 0 Å². The van der Waals surface area contributed by atoms with Crippen molar-refractivity contribution < 1.29 is 26.7 Å². The van der Waals surface area contributed by atoms with Crippen molar-refractivity contribution in [2.24, 2.45) is 0 Å². The second kappa shape index (κ2) is 12.8. The summed E-state index contributed by atoms with van der Waals surface area (Å²) in [7, 11) is 0. The predicted octanol–water partition coefficient (Wildman–Crippen LogP) is 3.94. The summed E-state index contributed by atoms with van der Waals surface area (Å²) in [5, 5.41) is 0. The van der Waals surface area contributed by atoms with E-state index < -0.39 is 0 Å². The number of amides is 2. The second-order valence-corrected chi connectivity index (χ2v) is 8.29. The number of hydrogen-bond donors (Lipinski definition) is 0. The third kappa shape index (κ3) is 6.60. The van der Waals surface area contributed by atoms with Gasteiger partial charge in [-0.3, -0.25) is 9.59 Å². The Labute approximate surface area is 205 Å². The van der Waals surface area contributed by atoms with Gasteiger partial charge >= 0.3 is 17.1 Å². The van der Waals surface area contributed by atoms with Gasteiger partial charge in [-0.25, -0.2) is 0 Å². The third-order valence-corrected chi connectivity index (χ3v) is 6.20. The maximum Gasteiger partial charge on any atom is 2.00 e. The van der Waals surface area contributed by atoms with Crippen molar-refractivity contribution in [2.75, 3.05) is 19.6 Å². The van der Waals surface area contributed by atoms with Crippen LogP contribution >= 0.6 is 0 Å². The van der Waals surface area contributed by atoms with Crippen LogP contribution in [-0.4, -0.2) is 41.2 Å². The van der Waals surface area contributed by atoms with Crippen molar-refractivity contribution in [1.29, 1.82) is 0 Å². The summed E-state index contributed by atoms with van der Waals surface area (Å²) >= 11 is 0. The molecule has 4 nitrogen and oxygen atoms in total. The number of benzene rings is 1. The SMILES string of the molecule is O=C(CCCC[C]1[CH][CH][CH][CH]1)N1CC(=O)N2CCc3ccccc3C2C1.[CH]1[CH][CH][CH][CH]1.[Fe+2]. The molecule has 1 aromatic carbocycles. The Hall–Kier alpha value is -1.32. The van der Waals surface area contributed by atoms with Crippen LogP contribution in [0.1, 0.15) is 42.9 Å². The summed E-state index contributed by atoms with van der Waals surface area (Å²) in [6.07, 6.45) is 22.7. The molecule has 10 radical (unpaired) electrons. The van der Waals surface area contributed by atoms with Gasteiger partial charge in [0.2, 0.25) is 11.8 Å². The fraction of sp³-hybridized carbons (Fsp3) is 0.333. The van der Waals surface area contributed by atoms with Crippen LogP contribution in [0.3, 0.4) is 0 Å². The van der Waals surface area contributed by atoms with Crippen LogP contribution < -0.4 is 0 Å². The molecule has 2 amide bonds. The molecular formula is C27H30FeN2O2+2. The van der Waals surface area contributed by atoms with Crippen LogP contribution in [-0.2, 0) is 33.1 Å². The van der Waals surface area contributed by atoms with Crippen molar-refractivity contribution in [1.82, 2.24) is 9.80 Å². The quantitative estimate of drug-likeness (QED) is 0.483. The molecule has 0 bridgehead atoms. The zero-order valence-corrected chi connectivity index (χ0v) is 19.4. The minimum absolute atomic E-state index is 0. The zero-order chi connectivity index (χ0) is 21.5. The number of nitrogens with zero attached hydrogens (tertiary/aromatic N) is 2. The third-order valence-electron chi connectivity index (χ3n) is 6.20. The molecule has 0 aromatic heterocycles. The van der Waals surface area contributed by atoms with Crippen LogP contribution in [0.5, 0.6) is 0 Å². The first-order valence-corrected chi connectivity index (χ1v) is 11.2. The van der Waals surface area contributed by atoms with Crippen LogP contribution in [0.15, 0.2) is 24.3 Å². The van der Waals surface area contributed by atoms with Gasteiger partial charge in [-0.05, 0) is 94.1 Å². The molecule has 3 fully saturated rings. The van der Waals surface area contributed by atoms with Crippen molar-refractivity contribution in [2.45, 2.75) is 38.1 Å². The molecule has 1 saturated heterocycles. The molecule has 166 valence electrons. The first kappa shape index (κ1) is 25.3. The molecule has 1 atom stereocenters. The monoisotopic (exact) mass is 470 g/mol. The van der Waals surface area contributed by atoms with Crippen molar-refractivity contribution in [3.05, 3.63) is 99.1 Å². The Morgan fingerprint density at radius 2 is 1.62 bits per heavy atom. The molecule has 0 N–H and O–H groups in total. The van der Waals surface area contributed by atoms with E-state index in [1.807, 2.05) is 55.9 Å². The summed E-state index contributed by atoms with van der Waals surface area (Å²) in [5.74, 6) is 1.53. The number of piperazine rings is 1. The van der Waals surface area contributed by atoms with Gasteiger partial charge in [0.25, 0.3) is 0 Å². The number of carbonyl (C=O) groups excluding carboxylic acids is 2. The summed E-state index contributed by atoms with van der Waals surface area (Å²) in [6, 6.07) is 8.34. The minimum Gasteiger partial charge on any atom is -0.332 e. The number of hydrogen-bond acceptors (Lipinski definition) is 2. The van der Waals surface area contributed by atoms with E-state index in [1.165, 1.54) is 17.0 Å². The zero-order valence-electron chi connectivity index (χ0n) is 18.3.